The molecular formula is C12H18ClN3O. The van der Waals surface area contributed by atoms with E-state index in [-0.39, 0.29) is 5.38 Å². The summed E-state index contributed by atoms with van der Waals surface area (Å²) in [6.07, 6.45) is 0.994. The van der Waals surface area contributed by atoms with E-state index in [0.29, 0.717) is 11.8 Å². The van der Waals surface area contributed by atoms with Gasteiger partial charge in [-0.15, -0.1) is 11.6 Å². The largest absolute Gasteiger partial charge is 0.481 e. The SMILES string of the molecule is COc1cc(N2CCC(Cl)C(C)C2)nc(C)n1. The van der Waals surface area contributed by atoms with Crippen LogP contribution in [0.4, 0.5) is 5.82 Å². The Kier molecular flexibility index (Phi) is 3.72. The number of halogens is 1. The topological polar surface area (TPSA) is 38.2 Å². The van der Waals surface area contributed by atoms with Crippen molar-refractivity contribution in [2.75, 3.05) is 25.1 Å². The van der Waals surface area contributed by atoms with Crippen LogP contribution in [0.3, 0.4) is 0 Å². The summed E-state index contributed by atoms with van der Waals surface area (Å²) in [5, 5.41) is 0.274. The Bertz CT molecular complexity index is 399. The number of anilines is 1. The molecule has 1 aromatic rings. The smallest absolute Gasteiger partial charge is 0.218 e. The molecule has 1 fully saturated rings. The zero-order chi connectivity index (χ0) is 12.4. The Morgan fingerprint density at radius 2 is 2.24 bits per heavy atom. The molecule has 5 heteroatoms. The first-order chi connectivity index (χ1) is 8.10. The molecule has 2 atom stereocenters. The van der Waals surface area contributed by atoms with Crippen molar-refractivity contribution in [1.29, 1.82) is 0 Å². The molecule has 1 saturated heterocycles. The molecule has 0 spiro atoms. The summed E-state index contributed by atoms with van der Waals surface area (Å²) in [6, 6.07) is 1.88. The van der Waals surface area contributed by atoms with Crippen molar-refractivity contribution in [2.24, 2.45) is 5.92 Å². The Balaban J connectivity index is 2.19. The molecule has 0 bridgehead atoms. The van der Waals surface area contributed by atoms with E-state index in [4.69, 9.17) is 16.3 Å². The highest BCUT2D eigenvalue weighted by Crippen LogP contribution is 2.26. The predicted octanol–water partition coefficient (Wildman–Crippen LogP) is 2.25. The Hall–Kier alpha value is -1.03. The van der Waals surface area contributed by atoms with Gasteiger partial charge < -0.3 is 9.64 Å². The van der Waals surface area contributed by atoms with Crippen LogP contribution < -0.4 is 9.64 Å². The average molecular weight is 256 g/mol. The maximum Gasteiger partial charge on any atom is 0.218 e. The predicted molar refractivity (Wildman–Crippen MR) is 69.0 cm³/mol. The first-order valence-corrected chi connectivity index (χ1v) is 6.32. The highest BCUT2D eigenvalue weighted by Gasteiger charge is 2.25. The van der Waals surface area contributed by atoms with Crippen molar-refractivity contribution in [2.45, 2.75) is 25.6 Å². The molecule has 0 saturated carbocycles. The Labute approximate surface area is 107 Å². The third-order valence-electron chi connectivity index (χ3n) is 3.13. The van der Waals surface area contributed by atoms with Gasteiger partial charge in [-0.25, -0.2) is 4.98 Å². The highest BCUT2D eigenvalue weighted by atomic mass is 35.5. The van der Waals surface area contributed by atoms with Gasteiger partial charge in [0.1, 0.15) is 11.6 Å². The third kappa shape index (κ3) is 2.80. The molecule has 2 heterocycles. The van der Waals surface area contributed by atoms with Gasteiger partial charge >= 0.3 is 0 Å². The van der Waals surface area contributed by atoms with Crippen molar-refractivity contribution >= 4 is 17.4 Å². The lowest BCUT2D eigenvalue weighted by molar-refractivity contribution is 0.394. The zero-order valence-corrected chi connectivity index (χ0v) is 11.2. The van der Waals surface area contributed by atoms with Crippen LogP contribution in [0, 0.1) is 12.8 Å². The number of nitrogens with zero attached hydrogens (tertiary/aromatic N) is 3. The molecule has 2 rings (SSSR count). The number of hydrogen-bond acceptors (Lipinski definition) is 4. The standard InChI is InChI=1S/C12H18ClN3O/c1-8-7-16(5-4-10(8)13)11-6-12(17-3)15-9(2)14-11/h6,8,10H,4-5,7H2,1-3H3. The third-order valence-corrected chi connectivity index (χ3v) is 3.78. The maximum absolute atomic E-state index is 6.23. The number of methoxy groups -OCH3 is 1. The molecule has 0 aromatic carbocycles. The molecule has 1 aliphatic rings. The highest BCUT2D eigenvalue weighted by molar-refractivity contribution is 6.20. The normalized spacial score (nSPS) is 24.8. The van der Waals surface area contributed by atoms with Gasteiger partial charge in [0.2, 0.25) is 5.88 Å². The molecular weight excluding hydrogens is 238 g/mol. The van der Waals surface area contributed by atoms with Gasteiger partial charge in [-0.2, -0.15) is 4.98 Å². The van der Waals surface area contributed by atoms with Crippen LogP contribution in [0.15, 0.2) is 6.07 Å². The van der Waals surface area contributed by atoms with Crippen LogP contribution in [0.5, 0.6) is 5.88 Å². The van der Waals surface area contributed by atoms with E-state index in [1.807, 2.05) is 13.0 Å². The van der Waals surface area contributed by atoms with Crippen molar-refractivity contribution in [3.63, 3.8) is 0 Å². The van der Waals surface area contributed by atoms with Crippen LogP contribution in [-0.2, 0) is 0 Å². The molecule has 4 nitrogen and oxygen atoms in total. The van der Waals surface area contributed by atoms with Crippen LogP contribution in [0.1, 0.15) is 19.2 Å². The van der Waals surface area contributed by atoms with Gasteiger partial charge in [-0.3, -0.25) is 0 Å². The molecule has 17 heavy (non-hydrogen) atoms. The van der Waals surface area contributed by atoms with Crippen molar-refractivity contribution in [1.82, 2.24) is 9.97 Å². The number of aryl methyl sites for hydroxylation is 1. The number of hydrogen-bond donors (Lipinski definition) is 0. The first kappa shape index (κ1) is 12.4. The summed E-state index contributed by atoms with van der Waals surface area (Å²) >= 11 is 6.23. The molecule has 0 amide bonds. The second kappa shape index (κ2) is 5.08. The molecule has 0 N–H and O–H groups in total. The minimum atomic E-state index is 0.274. The fourth-order valence-corrected chi connectivity index (χ4v) is 2.29. The van der Waals surface area contributed by atoms with Crippen LogP contribution >= 0.6 is 11.6 Å². The van der Waals surface area contributed by atoms with Gasteiger partial charge in [0, 0.05) is 24.5 Å². The fourth-order valence-electron chi connectivity index (χ4n) is 2.12. The van der Waals surface area contributed by atoms with E-state index >= 15 is 0 Å². The first-order valence-electron chi connectivity index (χ1n) is 5.89. The molecule has 1 aromatic heterocycles. The Morgan fingerprint density at radius 1 is 1.47 bits per heavy atom. The number of piperidine rings is 1. The lowest BCUT2D eigenvalue weighted by atomic mass is 10.00. The minimum absolute atomic E-state index is 0.274. The zero-order valence-electron chi connectivity index (χ0n) is 10.5. The second-order valence-electron chi connectivity index (χ2n) is 4.54. The lowest BCUT2D eigenvalue weighted by Crippen LogP contribution is -2.40. The van der Waals surface area contributed by atoms with Crippen molar-refractivity contribution in [3.8, 4) is 5.88 Å². The fraction of sp³-hybridized carbons (Fsp3) is 0.667. The molecule has 0 aliphatic carbocycles. The summed E-state index contributed by atoms with van der Waals surface area (Å²) in [5.41, 5.74) is 0. The molecule has 0 radical (unpaired) electrons. The van der Waals surface area contributed by atoms with Gasteiger partial charge in [-0.05, 0) is 19.3 Å². The number of ether oxygens (including phenoxy) is 1. The average Bonchev–Trinajstić information content (AvgIpc) is 2.32. The number of rotatable bonds is 2. The van der Waals surface area contributed by atoms with Gasteiger partial charge in [-0.1, -0.05) is 6.92 Å². The van der Waals surface area contributed by atoms with E-state index in [9.17, 15) is 0 Å². The van der Waals surface area contributed by atoms with Crippen molar-refractivity contribution in [3.05, 3.63) is 11.9 Å². The quantitative estimate of drug-likeness (QED) is 0.760. The van der Waals surface area contributed by atoms with E-state index in [2.05, 4.69) is 21.8 Å². The van der Waals surface area contributed by atoms with E-state index in [1.54, 1.807) is 7.11 Å². The van der Waals surface area contributed by atoms with Crippen LogP contribution in [-0.4, -0.2) is 35.5 Å². The van der Waals surface area contributed by atoms with Gasteiger partial charge in [0.05, 0.1) is 7.11 Å². The second-order valence-corrected chi connectivity index (χ2v) is 5.10. The van der Waals surface area contributed by atoms with Gasteiger partial charge in [0.15, 0.2) is 0 Å². The molecule has 1 aliphatic heterocycles. The van der Waals surface area contributed by atoms with E-state index in [0.717, 1.165) is 31.2 Å². The Morgan fingerprint density at radius 3 is 2.88 bits per heavy atom. The minimum Gasteiger partial charge on any atom is -0.481 e. The molecule has 94 valence electrons. The monoisotopic (exact) mass is 255 g/mol. The van der Waals surface area contributed by atoms with Crippen molar-refractivity contribution < 1.29 is 4.74 Å². The number of alkyl halides is 1. The van der Waals surface area contributed by atoms with Gasteiger partial charge in [0.25, 0.3) is 0 Å². The van der Waals surface area contributed by atoms with Crippen LogP contribution in [0.25, 0.3) is 0 Å². The lowest BCUT2D eigenvalue weighted by Gasteiger charge is -2.34. The summed E-state index contributed by atoms with van der Waals surface area (Å²) in [4.78, 5) is 10.9. The van der Waals surface area contributed by atoms with E-state index < -0.39 is 0 Å². The summed E-state index contributed by atoms with van der Waals surface area (Å²) < 4.78 is 5.17. The number of aromatic nitrogens is 2. The van der Waals surface area contributed by atoms with E-state index in [1.165, 1.54) is 0 Å². The summed E-state index contributed by atoms with van der Waals surface area (Å²) in [5.74, 6) is 2.77. The van der Waals surface area contributed by atoms with Crippen LogP contribution in [0.2, 0.25) is 0 Å². The summed E-state index contributed by atoms with van der Waals surface area (Å²) in [6.45, 7) is 5.94. The molecule has 2 unspecified atom stereocenters. The maximum atomic E-state index is 6.23. The summed E-state index contributed by atoms with van der Waals surface area (Å²) in [7, 11) is 1.62.